The van der Waals surface area contributed by atoms with Gasteiger partial charge in [-0.05, 0) is 77.2 Å². The van der Waals surface area contributed by atoms with Crippen LogP contribution in [0.15, 0.2) is 78.9 Å². The number of ether oxygens (including phenoxy) is 2. The maximum absolute atomic E-state index is 15.2. The Hall–Kier alpha value is -3.47. The molecule has 0 bridgehead atoms. The molecule has 0 atom stereocenters. The topological polar surface area (TPSA) is 18.5 Å². The molecule has 4 aromatic rings. The molecule has 0 aliphatic rings. The molecule has 36 heavy (non-hydrogen) atoms. The van der Waals surface area contributed by atoms with Crippen molar-refractivity contribution in [3.8, 4) is 22.6 Å². The Kier molecular flexibility index (Phi) is 8.88. The monoisotopic (exact) mass is 492 g/mol. The Morgan fingerprint density at radius 2 is 1.44 bits per heavy atom. The second-order valence-corrected chi connectivity index (χ2v) is 8.93. The van der Waals surface area contributed by atoms with E-state index in [-0.39, 0.29) is 11.6 Å². The second kappa shape index (κ2) is 12.5. The van der Waals surface area contributed by atoms with Crippen molar-refractivity contribution in [1.29, 1.82) is 0 Å². The lowest BCUT2D eigenvalue weighted by molar-refractivity contribution is -0.0498. The number of benzene rings is 4. The number of hydrogen-bond acceptors (Lipinski definition) is 2. The van der Waals surface area contributed by atoms with E-state index in [9.17, 15) is 8.78 Å². The molecule has 0 heterocycles. The fraction of sp³-hybridized carbons (Fsp3) is 0.290. The van der Waals surface area contributed by atoms with Gasteiger partial charge in [0, 0.05) is 5.39 Å². The van der Waals surface area contributed by atoms with E-state index in [4.69, 9.17) is 4.74 Å². The highest BCUT2D eigenvalue weighted by Crippen LogP contribution is 2.29. The Morgan fingerprint density at radius 1 is 0.722 bits per heavy atom. The number of unbranched alkanes of at least 4 members (excludes halogenated alkanes) is 3. The number of alkyl halides is 2. The molecule has 0 saturated heterocycles. The van der Waals surface area contributed by atoms with Crippen LogP contribution >= 0.6 is 0 Å². The van der Waals surface area contributed by atoms with Crippen molar-refractivity contribution in [1.82, 2.24) is 0 Å². The molecule has 0 aliphatic heterocycles. The molecule has 0 radical (unpaired) electrons. The van der Waals surface area contributed by atoms with Crippen LogP contribution in [-0.2, 0) is 12.8 Å². The predicted octanol–water partition coefficient (Wildman–Crippen LogP) is 8.99. The number of aryl methyl sites for hydroxylation is 2. The van der Waals surface area contributed by atoms with Crippen LogP contribution < -0.4 is 9.47 Å². The summed E-state index contributed by atoms with van der Waals surface area (Å²) in [7, 11) is 0. The van der Waals surface area contributed by atoms with Gasteiger partial charge in [-0.25, -0.2) is 4.39 Å². The van der Waals surface area contributed by atoms with Crippen LogP contribution in [0.5, 0.6) is 11.5 Å². The zero-order valence-electron chi connectivity index (χ0n) is 20.5. The van der Waals surface area contributed by atoms with Crippen molar-refractivity contribution in [2.45, 2.75) is 52.1 Å². The maximum Gasteiger partial charge on any atom is 0.387 e. The molecule has 0 fully saturated rings. The molecule has 5 heteroatoms. The quantitative estimate of drug-likeness (QED) is 0.184. The van der Waals surface area contributed by atoms with Crippen LogP contribution in [0.4, 0.5) is 13.2 Å². The highest BCUT2D eigenvalue weighted by Gasteiger charge is 2.10. The molecule has 0 unspecified atom stereocenters. The number of rotatable bonds is 12. The molecule has 4 aromatic carbocycles. The first-order chi connectivity index (χ1) is 17.5. The van der Waals surface area contributed by atoms with Crippen molar-refractivity contribution in [3.63, 3.8) is 0 Å². The summed E-state index contributed by atoms with van der Waals surface area (Å²) in [5.41, 5.74) is 3.64. The van der Waals surface area contributed by atoms with E-state index < -0.39 is 6.61 Å². The van der Waals surface area contributed by atoms with Crippen LogP contribution in [0.3, 0.4) is 0 Å². The molecular formula is C31H31F3O2. The minimum atomic E-state index is -2.85. The van der Waals surface area contributed by atoms with E-state index in [1.54, 1.807) is 12.1 Å². The van der Waals surface area contributed by atoms with Gasteiger partial charge < -0.3 is 9.47 Å². The third-order valence-corrected chi connectivity index (χ3v) is 6.32. The summed E-state index contributed by atoms with van der Waals surface area (Å²) in [6.07, 6.45) is 5.82. The van der Waals surface area contributed by atoms with Gasteiger partial charge in [0.05, 0.1) is 6.61 Å². The van der Waals surface area contributed by atoms with Crippen molar-refractivity contribution >= 4 is 10.8 Å². The highest BCUT2D eigenvalue weighted by atomic mass is 19.3. The van der Waals surface area contributed by atoms with Gasteiger partial charge in [0.2, 0.25) is 0 Å². The van der Waals surface area contributed by atoms with E-state index in [0.29, 0.717) is 23.8 Å². The second-order valence-electron chi connectivity index (χ2n) is 8.93. The summed E-state index contributed by atoms with van der Waals surface area (Å²) in [6, 6.07) is 24.0. The number of fused-ring (bicyclic) bond motifs is 1. The largest absolute Gasteiger partial charge is 0.494 e. The lowest BCUT2D eigenvalue weighted by atomic mass is 9.97. The lowest BCUT2D eigenvalue weighted by Gasteiger charge is -2.10. The summed E-state index contributed by atoms with van der Waals surface area (Å²) >= 11 is 0. The van der Waals surface area contributed by atoms with E-state index >= 15 is 4.39 Å². The van der Waals surface area contributed by atoms with Gasteiger partial charge in [-0.1, -0.05) is 74.7 Å². The van der Waals surface area contributed by atoms with Crippen LogP contribution in [0.1, 0.15) is 43.7 Å². The van der Waals surface area contributed by atoms with Gasteiger partial charge in [-0.15, -0.1) is 0 Å². The molecule has 4 rings (SSSR count). The summed E-state index contributed by atoms with van der Waals surface area (Å²) in [5, 5.41) is 1.43. The SMILES string of the molecule is CCCCCCOc1ccc(-c2ccc3c(F)c(CCc4ccc(OC(F)F)cc4)ccc3c2)cc1. The summed E-state index contributed by atoms with van der Waals surface area (Å²) in [5.74, 6) is 0.762. The number of halogens is 3. The zero-order valence-corrected chi connectivity index (χ0v) is 20.5. The number of hydrogen-bond donors (Lipinski definition) is 0. The van der Waals surface area contributed by atoms with Crippen LogP contribution in [-0.4, -0.2) is 13.2 Å². The average Bonchev–Trinajstić information content (AvgIpc) is 2.89. The standard InChI is InChI=1S/C31H31F3O2/c1-2-3-4-5-20-35-27-17-12-23(13-18-27)25-14-19-29-26(21-25)11-10-24(30(29)32)9-6-22-7-15-28(16-8-22)36-31(33)34/h7-8,10-19,21,31H,2-6,9,20H2,1H3. The molecular weight excluding hydrogens is 461 g/mol. The predicted molar refractivity (Wildman–Crippen MR) is 139 cm³/mol. The fourth-order valence-corrected chi connectivity index (χ4v) is 4.29. The zero-order chi connectivity index (χ0) is 25.3. The van der Waals surface area contributed by atoms with Gasteiger partial charge in [-0.3, -0.25) is 0 Å². The molecule has 0 spiro atoms. The molecule has 188 valence electrons. The van der Waals surface area contributed by atoms with Gasteiger partial charge in [0.1, 0.15) is 17.3 Å². The van der Waals surface area contributed by atoms with E-state index in [2.05, 4.69) is 11.7 Å². The van der Waals surface area contributed by atoms with E-state index in [0.717, 1.165) is 40.9 Å². The van der Waals surface area contributed by atoms with Gasteiger partial charge in [0.15, 0.2) is 0 Å². The van der Waals surface area contributed by atoms with Crippen LogP contribution in [0, 0.1) is 5.82 Å². The van der Waals surface area contributed by atoms with Crippen molar-refractivity contribution in [3.05, 3.63) is 95.8 Å². The Labute approximate surface area is 210 Å². The summed E-state index contributed by atoms with van der Waals surface area (Å²) in [4.78, 5) is 0. The third-order valence-electron chi connectivity index (χ3n) is 6.32. The van der Waals surface area contributed by atoms with Gasteiger partial charge in [-0.2, -0.15) is 8.78 Å². The molecule has 0 amide bonds. The normalized spacial score (nSPS) is 11.2. The molecule has 2 nitrogen and oxygen atoms in total. The minimum Gasteiger partial charge on any atom is -0.494 e. The molecule has 0 aromatic heterocycles. The molecule has 0 saturated carbocycles. The Bertz CT molecular complexity index is 1250. The average molecular weight is 493 g/mol. The van der Waals surface area contributed by atoms with E-state index in [1.165, 1.54) is 31.4 Å². The first-order valence-electron chi connectivity index (χ1n) is 12.5. The maximum atomic E-state index is 15.2. The van der Waals surface area contributed by atoms with Crippen molar-refractivity contribution < 1.29 is 22.6 Å². The highest BCUT2D eigenvalue weighted by molar-refractivity contribution is 5.88. The fourth-order valence-electron chi connectivity index (χ4n) is 4.29. The van der Waals surface area contributed by atoms with Gasteiger partial charge in [0.25, 0.3) is 0 Å². The summed E-state index contributed by atoms with van der Waals surface area (Å²) in [6.45, 7) is 0.0811. The first kappa shape index (κ1) is 25.6. The smallest absolute Gasteiger partial charge is 0.387 e. The Balaban J connectivity index is 1.40. The molecule has 0 aliphatic carbocycles. The first-order valence-corrected chi connectivity index (χ1v) is 12.5. The van der Waals surface area contributed by atoms with Crippen LogP contribution in [0.2, 0.25) is 0 Å². The Morgan fingerprint density at radius 3 is 2.17 bits per heavy atom. The van der Waals surface area contributed by atoms with Crippen LogP contribution in [0.25, 0.3) is 21.9 Å². The third kappa shape index (κ3) is 6.81. The van der Waals surface area contributed by atoms with Gasteiger partial charge >= 0.3 is 6.61 Å². The van der Waals surface area contributed by atoms with E-state index in [1.807, 2.05) is 54.6 Å². The van der Waals surface area contributed by atoms with Crippen molar-refractivity contribution in [2.24, 2.45) is 0 Å². The minimum absolute atomic E-state index is 0.117. The molecule has 0 N–H and O–H groups in total. The van der Waals surface area contributed by atoms with Crippen molar-refractivity contribution in [2.75, 3.05) is 6.61 Å². The summed E-state index contributed by atoms with van der Waals surface area (Å²) < 4.78 is 50.1. The lowest BCUT2D eigenvalue weighted by Crippen LogP contribution is -2.02.